The summed E-state index contributed by atoms with van der Waals surface area (Å²) in [6.45, 7) is 2.01. The summed E-state index contributed by atoms with van der Waals surface area (Å²) in [5.74, 6) is -1.02. The van der Waals surface area contributed by atoms with Crippen LogP contribution in [0.1, 0.15) is 23.0 Å². The third kappa shape index (κ3) is 1.27. The van der Waals surface area contributed by atoms with Crippen molar-refractivity contribution in [2.45, 2.75) is 13.3 Å². The van der Waals surface area contributed by atoms with Crippen LogP contribution in [0.2, 0.25) is 0 Å². The number of fused-ring (bicyclic) bond motifs is 1. The second kappa shape index (κ2) is 3.18. The fourth-order valence-electron chi connectivity index (χ4n) is 1.51. The van der Waals surface area contributed by atoms with Gasteiger partial charge < -0.3 is 9.52 Å². The molecule has 3 nitrogen and oxygen atoms in total. The lowest BCUT2D eigenvalue weighted by molar-refractivity contribution is 0.0665. The molecule has 1 aromatic heterocycles. The lowest BCUT2D eigenvalue weighted by Crippen LogP contribution is -1.91. The molecule has 1 heterocycles. The summed E-state index contributed by atoms with van der Waals surface area (Å²) in [7, 11) is 0. The Balaban J connectivity index is 2.70. The van der Waals surface area contributed by atoms with Gasteiger partial charge in [-0.05, 0) is 18.1 Å². The van der Waals surface area contributed by atoms with Gasteiger partial charge in [0, 0.05) is 5.39 Å². The summed E-state index contributed by atoms with van der Waals surface area (Å²) < 4.78 is 5.25. The van der Waals surface area contributed by atoms with Crippen molar-refractivity contribution in [2.24, 2.45) is 0 Å². The maximum Gasteiger partial charge on any atom is 0.371 e. The Kier molecular flexibility index (Phi) is 2.00. The Morgan fingerprint density at radius 3 is 2.93 bits per heavy atom. The summed E-state index contributed by atoms with van der Waals surface area (Å²) in [4.78, 5) is 10.7. The molecule has 1 N–H and O–H groups in total. The summed E-state index contributed by atoms with van der Waals surface area (Å²) in [6.07, 6.45) is 0.837. The number of aryl methyl sites for hydroxylation is 1. The lowest BCUT2D eigenvalue weighted by Gasteiger charge is -1.95. The minimum atomic E-state index is -1.02. The number of furan rings is 1. The zero-order valence-corrected chi connectivity index (χ0v) is 7.78. The molecule has 0 radical (unpaired) electrons. The molecule has 1 aromatic carbocycles. The van der Waals surface area contributed by atoms with E-state index in [1.807, 2.05) is 25.1 Å². The van der Waals surface area contributed by atoms with Crippen molar-refractivity contribution in [3.05, 3.63) is 35.6 Å². The van der Waals surface area contributed by atoms with Gasteiger partial charge in [0.15, 0.2) is 0 Å². The van der Waals surface area contributed by atoms with Crippen LogP contribution in [0.25, 0.3) is 11.0 Å². The second-order valence-corrected chi connectivity index (χ2v) is 3.10. The first-order valence-corrected chi connectivity index (χ1v) is 4.47. The Labute approximate surface area is 81.0 Å². The molecule has 0 amide bonds. The summed E-state index contributed by atoms with van der Waals surface area (Å²) in [5.41, 5.74) is 1.72. The molecule has 0 saturated heterocycles. The van der Waals surface area contributed by atoms with Gasteiger partial charge in [0.2, 0.25) is 5.76 Å². The Hall–Kier alpha value is -1.77. The summed E-state index contributed by atoms with van der Waals surface area (Å²) in [5, 5.41) is 9.60. The van der Waals surface area contributed by atoms with Gasteiger partial charge in [-0.1, -0.05) is 25.1 Å². The fourth-order valence-corrected chi connectivity index (χ4v) is 1.51. The fraction of sp³-hybridized carbons (Fsp3) is 0.182. The van der Waals surface area contributed by atoms with Crippen molar-refractivity contribution in [2.75, 3.05) is 0 Å². The normalized spacial score (nSPS) is 10.6. The van der Waals surface area contributed by atoms with Gasteiger partial charge in [-0.15, -0.1) is 0 Å². The molecular weight excluding hydrogens is 180 g/mol. The molecule has 2 aromatic rings. The standard InChI is InChI=1S/C11H10O3/c1-2-7-4-3-5-8-6-9(11(12)13)14-10(7)8/h3-6H,2H2,1H3,(H,12,13). The van der Waals surface area contributed by atoms with E-state index in [0.717, 1.165) is 17.4 Å². The van der Waals surface area contributed by atoms with Gasteiger partial charge in [0.25, 0.3) is 0 Å². The zero-order valence-electron chi connectivity index (χ0n) is 7.78. The first-order valence-electron chi connectivity index (χ1n) is 4.47. The van der Waals surface area contributed by atoms with Crippen LogP contribution in [0.5, 0.6) is 0 Å². The number of benzene rings is 1. The van der Waals surface area contributed by atoms with Crippen LogP contribution >= 0.6 is 0 Å². The van der Waals surface area contributed by atoms with E-state index in [1.54, 1.807) is 6.07 Å². The molecule has 0 aliphatic heterocycles. The number of carboxylic acid groups (broad SMARTS) is 1. The second-order valence-electron chi connectivity index (χ2n) is 3.10. The van der Waals surface area contributed by atoms with Gasteiger partial charge in [-0.3, -0.25) is 0 Å². The Morgan fingerprint density at radius 2 is 2.29 bits per heavy atom. The molecule has 0 unspecified atom stereocenters. The van der Waals surface area contributed by atoms with E-state index in [2.05, 4.69) is 0 Å². The van der Waals surface area contributed by atoms with Crippen molar-refractivity contribution >= 4 is 16.9 Å². The molecule has 0 spiro atoms. The highest BCUT2D eigenvalue weighted by molar-refractivity contribution is 5.92. The molecule has 14 heavy (non-hydrogen) atoms. The van der Waals surface area contributed by atoms with Crippen LogP contribution in [-0.2, 0) is 6.42 Å². The third-order valence-electron chi connectivity index (χ3n) is 2.22. The molecule has 3 heteroatoms. The highest BCUT2D eigenvalue weighted by atomic mass is 16.4. The van der Waals surface area contributed by atoms with E-state index in [-0.39, 0.29) is 5.76 Å². The van der Waals surface area contributed by atoms with E-state index in [9.17, 15) is 4.79 Å². The van der Waals surface area contributed by atoms with Crippen molar-refractivity contribution < 1.29 is 14.3 Å². The van der Waals surface area contributed by atoms with Gasteiger partial charge in [0.05, 0.1) is 0 Å². The Morgan fingerprint density at radius 1 is 1.50 bits per heavy atom. The van der Waals surface area contributed by atoms with Crippen LogP contribution in [0, 0.1) is 0 Å². The molecule has 0 aliphatic carbocycles. The van der Waals surface area contributed by atoms with Crippen LogP contribution in [-0.4, -0.2) is 11.1 Å². The SMILES string of the molecule is CCc1cccc2cc(C(=O)O)oc12. The van der Waals surface area contributed by atoms with Gasteiger partial charge in [-0.2, -0.15) is 0 Å². The van der Waals surface area contributed by atoms with Gasteiger partial charge in [0.1, 0.15) is 5.58 Å². The molecule has 72 valence electrons. The number of carboxylic acids is 1. The van der Waals surface area contributed by atoms with Crippen LogP contribution < -0.4 is 0 Å². The van der Waals surface area contributed by atoms with Crippen molar-refractivity contribution in [3.63, 3.8) is 0 Å². The summed E-state index contributed by atoms with van der Waals surface area (Å²) >= 11 is 0. The monoisotopic (exact) mass is 190 g/mol. The topological polar surface area (TPSA) is 50.4 Å². The lowest BCUT2D eigenvalue weighted by atomic mass is 10.1. The molecule has 0 bridgehead atoms. The molecule has 0 saturated carbocycles. The average molecular weight is 190 g/mol. The molecule has 0 atom stereocenters. The number of aromatic carboxylic acids is 1. The van der Waals surface area contributed by atoms with E-state index in [1.165, 1.54) is 0 Å². The predicted octanol–water partition coefficient (Wildman–Crippen LogP) is 2.69. The van der Waals surface area contributed by atoms with E-state index in [4.69, 9.17) is 9.52 Å². The quantitative estimate of drug-likeness (QED) is 0.792. The first kappa shape index (κ1) is 8.81. The van der Waals surface area contributed by atoms with Crippen molar-refractivity contribution in [1.82, 2.24) is 0 Å². The summed E-state index contributed by atoms with van der Waals surface area (Å²) in [6, 6.07) is 7.25. The predicted molar refractivity (Wildman–Crippen MR) is 52.6 cm³/mol. The molecular formula is C11H10O3. The molecule has 0 fully saturated rings. The van der Waals surface area contributed by atoms with Gasteiger partial charge in [-0.25, -0.2) is 4.79 Å². The highest BCUT2D eigenvalue weighted by Gasteiger charge is 2.11. The highest BCUT2D eigenvalue weighted by Crippen LogP contribution is 2.23. The van der Waals surface area contributed by atoms with Gasteiger partial charge >= 0.3 is 5.97 Å². The Bertz CT molecular complexity index is 482. The zero-order chi connectivity index (χ0) is 10.1. The number of hydrogen-bond acceptors (Lipinski definition) is 2. The largest absolute Gasteiger partial charge is 0.475 e. The minimum Gasteiger partial charge on any atom is -0.475 e. The minimum absolute atomic E-state index is 0.000833. The smallest absolute Gasteiger partial charge is 0.371 e. The average Bonchev–Trinajstić information content (AvgIpc) is 2.60. The molecule has 2 rings (SSSR count). The molecule has 0 aliphatic rings. The number of para-hydroxylation sites is 1. The number of carbonyl (C=O) groups is 1. The van der Waals surface area contributed by atoms with Crippen molar-refractivity contribution in [3.8, 4) is 0 Å². The van der Waals surface area contributed by atoms with E-state index >= 15 is 0 Å². The maximum absolute atomic E-state index is 10.7. The number of hydrogen-bond donors (Lipinski definition) is 1. The van der Waals surface area contributed by atoms with Crippen molar-refractivity contribution in [1.29, 1.82) is 0 Å². The van der Waals surface area contributed by atoms with E-state index in [0.29, 0.717) is 5.58 Å². The van der Waals surface area contributed by atoms with E-state index < -0.39 is 5.97 Å². The van der Waals surface area contributed by atoms with Crippen LogP contribution in [0.3, 0.4) is 0 Å². The van der Waals surface area contributed by atoms with Crippen LogP contribution in [0.15, 0.2) is 28.7 Å². The van der Waals surface area contributed by atoms with Crippen LogP contribution in [0.4, 0.5) is 0 Å². The first-order chi connectivity index (χ1) is 6.72. The number of rotatable bonds is 2. The maximum atomic E-state index is 10.7. The third-order valence-corrected chi connectivity index (χ3v) is 2.22.